The van der Waals surface area contributed by atoms with Crippen LogP contribution in [0, 0.1) is 0 Å². The number of hydrogen-bond acceptors (Lipinski definition) is 8. The fraction of sp³-hybridized carbons (Fsp3) is 0.281. The first-order valence-corrected chi connectivity index (χ1v) is 15.0. The molecule has 1 unspecified atom stereocenters. The van der Waals surface area contributed by atoms with E-state index >= 15 is 0 Å². The van der Waals surface area contributed by atoms with Gasteiger partial charge in [0.25, 0.3) is 5.78 Å². The number of ketones is 1. The van der Waals surface area contributed by atoms with E-state index in [2.05, 4.69) is 11.9 Å². The fourth-order valence-electron chi connectivity index (χ4n) is 4.85. The summed E-state index contributed by atoms with van der Waals surface area (Å²) in [5.41, 5.74) is 1.52. The van der Waals surface area contributed by atoms with Gasteiger partial charge in [-0.25, -0.2) is 4.98 Å². The van der Waals surface area contributed by atoms with E-state index < -0.39 is 17.7 Å². The Balaban J connectivity index is 1.66. The summed E-state index contributed by atoms with van der Waals surface area (Å²) in [6.45, 7) is 4.93. The predicted octanol–water partition coefficient (Wildman–Crippen LogP) is 7.55. The zero-order valence-electron chi connectivity index (χ0n) is 23.6. The van der Waals surface area contributed by atoms with Crippen molar-refractivity contribution in [3.8, 4) is 17.2 Å². The molecule has 0 spiro atoms. The van der Waals surface area contributed by atoms with E-state index in [4.69, 9.17) is 25.8 Å². The van der Waals surface area contributed by atoms with Crippen LogP contribution in [0.15, 0.2) is 66.2 Å². The average molecular weight is 607 g/mol. The van der Waals surface area contributed by atoms with Crippen LogP contribution in [0.1, 0.15) is 50.3 Å². The minimum atomic E-state index is -0.975. The number of nitrogens with zero attached hydrogens (tertiary/aromatic N) is 2. The first-order chi connectivity index (χ1) is 20.4. The normalized spacial score (nSPS) is 16.3. The molecule has 0 aliphatic carbocycles. The van der Waals surface area contributed by atoms with Gasteiger partial charge in [-0.3, -0.25) is 14.5 Å². The number of rotatable bonds is 11. The van der Waals surface area contributed by atoms with Gasteiger partial charge in [-0.05, 0) is 73.5 Å². The van der Waals surface area contributed by atoms with Gasteiger partial charge < -0.3 is 19.3 Å². The van der Waals surface area contributed by atoms with Crippen molar-refractivity contribution in [3.63, 3.8) is 0 Å². The summed E-state index contributed by atoms with van der Waals surface area (Å²) in [5.74, 6) is -0.217. The van der Waals surface area contributed by atoms with Crippen molar-refractivity contribution in [2.75, 3.05) is 25.2 Å². The Bertz CT molecular complexity index is 1650. The molecule has 2 heterocycles. The number of aliphatic hydroxyl groups excluding tert-OH is 1. The topological polar surface area (TPSA) is 98.2 Å². The van der Waals surface area contributed by atoms with Crippen molar-refractivity contribution in [2.24, 2.45) is 0 Å². The highest BCUT2D eigenvalue weighted by Gasteiger charge is 2.48. The Labute approximate surface area is 253 Å². The largest absolute Gasteiger partial charge is 0.507 e. The van der Waals surface area contributed by atoms with E-state index in [1.54, 1.807) is 61.7 Å². The van der Waals surface area contributed by atoms with Gasteiger partial charge in [0.15, 0.2) is 16.6 Å². The van der Waals surface area contributed by atoms with Crippen LogP contribution in [0.4, 0.5) is 5.13 Å². The van der Waals surface area contributed by atoms with Crippen LogP contribution in [-0.4, -0.2) is 42.1 Å². The van der Waals surface area contributed by atoms with Crippen molar-refractivity contribution in [1.29, 1.82) is 0 Å². The SMILES string of the molecule is CCCCCOc1ccc(C2/C(=C(\O)c3ccc(Cl)cc3)C(=O)C(=O)N2c2nc3ccc(OC)cc3s2)cc1OCC. The third-order valence-corrected chi connectivity index (χ3v) is 8.21. The number of Topliss-reactive ketones (excluding diaryl/α,β-unsaturated/α-hetero) is 1. The van der Waals surface area contributed by atoms with Crippen LogP contribution < -0.4 is 19.1 Å². The van der Waals surface area contributed by atoms with Crippen LogP contribution in [0.5, 0.6) is 17.2 Å². The Hall–Kier alpha value is -4.08. The summed E-state index contributed by atoms with van der Waals surface area (Å²) >= 11 is 7.32. The number of ether oxygens (including phenoxy) is 3. The van der Waals surface area contributed by atoms with Crippen molar-refractivity contribution < 1.29 is 28.9 Å². The van der Waals surface area contributed by atoms with Crippen molar-refractivity contribution >= 4 is 55.7 Å². The number of carbonyl (C=O) groups is 2. The van der Waals surface area contributed by atoms with Crippen molar-refractivity contribution in [2.45, 2.75) is 39.2 Å². The maximum Gasteiger partial charge on any atom is 0.301 e. The third-order valence-electron chi connectivity index (χ3n) is 6.94. The molecule has 1 aromatic heterocycles. The van der Waals surface area contributed by atoms with E-state index in [0.29, 0.717) is 57.3 Å². The van der Waals surface area contributed by atoms with Gasteiger partial charge in [0, 0.05) is 10.6 Å². The molecule has 1 aliphatic rings. The molecule has 0 saturated carbocycles. The molecule has 1 amide bonds. The predicted molar refractivity (Wildman–Crippen MR) is 165 cm³/mol. The van der Waals surface area contributed by atoms with Gasteiger partial charge in [0.05, 0.1) is 42.2 Å². The molecule has 3 aromatic carbocycles. The van der Waals surface area contributed by atoms with E-state index in [0.717, 1.165) is 24.0 Å². The number of amides is 1. The number of benzene rings is 3. The number of anilines is 1. The van der Waals surface area contributed by atoms with Crippen LogP contribution in [0.2, 0.25) is 5.02 Å². The summed E-state index contributed by atoms with van der Waals surface area (Å²) in [4.78, 5) is 33.3. The number of methoxy groups -OCH3 is 1. The highest BCUT2D eigenvalue weighted by atomic mass is 35.5. The number of carbonyl (C=O) groups excluding carboxylic acids is 2. The van der Waals surface area contributed by atoms with Gasteiger partial charge in [-0.15, -0.1) is 0 Å². The first-order valence-electron chi connectivity index (χ1n) is 13.8. The fourth-order valence-corrected chi connectivity index (χ4v) is 5.99. The number of thiazole rings is 1. The van der Waals surface area contributed by atoms with Gasteiger partial charge in [0.1, 0.15) is 11.5 Å². The van der Waals surface area contributed by atoms with Crippen molar-refractivity contribution in [1.82, 2.24) is 4.98 Å². The van der Waals surface area contributed by atoms with E-state index in [1.165, 1.54) is 16.2 Å². The monoisotopic (exact) mass is 606 g/mol. The van der Waals surface area contributed by atoms with Gasteiger partial charge in [-0.1, -0.05) is 48.8 Å². The standard InChI is InChI=1S/C32H31ClN2O6S/c1-4-6-7-16-41-24-15-10-20(17-25(24)40-5-2)28-27(29(36)19-8-11-21(33)12-9-19)30(37)31(38)35(28)32-34-23-14-13-22(39-3)18-26(23)42-32/h8-15,17-18,28,36H,4-7,16H2,1-3H3/b29-27+. The highest BCUT2D eigenvalue weighted by Crippen LogP contribution is 2.46. The molecule has 4 aromatic rings. The summed E-state index contributed by atoms with van der Waals surface area (Å²) < 4.78 is 18.1. The second-order valence-electron chi connectivity index (χ2n) is 9.70. The Kier molecular flexibility index (Phi) is 8.99. The molecule has 0 radical (unpaired) electrons. The maximum atomic E-state index is 13.7. The van der Waals surface area contributed by atoms with Crippen LogP contribution in [0.25, 0.3) is 16.0 Å². The van der Waals surface area contributed by atoms with Crippen LogP contribution >= 0.6 is 22.9 Å². The lowest BCUT2D eigenvalue weighted by atomic mass is 9.95. The molecule has 8 nitrogen and oxygen atoms in total. The molecular weight excluding hydrogens is 576 g/mol. The minimum Gasteiger partial charge on any atom is -0.507 e. The van der Waals surface area contributed by atoms with E-state index in [-0.39, 0.29) is 11.3 Å². The molecule has 1 N–H and O–H groups in total. The maximum absolute atomic E-state index is 13.7. The number of unbranched alkanes of at least 4 members (excludes halogenated alkanes) is 2. The molecule has 1 aliphatic heterocycles. The summed E-state index contributed by atoms with van der Waals surface area (Å²) in [5, 5.41) is 12.2. The molecule has 1 fully saturated rings. The molecule has 1 saturated heterocycles. The second kappa shape index (κ2) is 12.8. The number of fused-ring (bicyclic) bond motifs is 1. The third kappa shape index (κ3) is 5.80. The molecule has 1 atom stereocenters. The van der Waals surface area contributed by atoms with E-state index in [1.807, 2.05) is 13.0 Å². The lowest BCUT2D eigenvalue weighted by Gasteiger charge is -2.24. The number of aromatic nitrogens is 1. The zero-order valence-corrected chi connectivity index (χ0v) is 25.1. The number of hydrogen-bond donors (Lipinski definition) is 1. The molecule has 218 valence electrons. The summed E-state index contributed by atoms with van der Waals surface area (Å²) in [6, 6.07) is 16.2. The lowest BCUT2D eigenvalue weighted by Crippen LogP contribution is -2.29. The Morgan fingerprint density at radius 1 is 1.00 bits per heavy atom. The second-order valence-corrected chi connectivity index (χ2v) is 11.1. The smallest absolute Gasteiger partial charge is 0.301 e. The van der Waals surface area contributed by atoms with Crippen molar-refractivity contribution in [3.05, 3.63) is 82.4 Å². The molecule has 10 heteroatoms. The first kappa shape index (κ1) is 29.4. The number of aliphatic hydroxyl groups is 1. The average Bonchev–Trinajstić information content (AvgIpc) is 3.53. The summed E-state index contributed by atoms with van der Waals surface area (Å²) in [6.07, 6.45) is 3.04. The van der Waals surface area contributed by atoms with Gasteiger partial charge in [0.2, 0.25) is 0 Å². The minimum absolute atomic E-state index is 0.0572. The van der Waals surface area contributed by atoms with Gasteiger partial charge >= 0.3 is 5.91 Å². The lowest BCUT2D eigenvalue weighted by molar-refractivity contribution is -0.132. The molecule has 0 bridgehead atoms. The number of halogens is 1. The Morgan fingerprint density at radius 2 is 1.79 bits per heavy atom. The molecular formula is C32H31ClN2O6S. The molecule has 42 heavy (non-hydrogen) atoms. The van der Waals surface area contributed by atoms with Gasteiger partial charge in [-0.2, -0.15) is 0 Å². The quantitative estimate of drug-likeness (QED) is 0.0814. The van der Waals surface area contributed by atoms with Crippen LogP contribution in [-0.2, 0) is 9.59 Å². The molecule has 5 rings (SSSR count). The highest BCUT2D eigenvalue weighted by molar-refractivity contribution is 7.22. The summed E-state index contributed by atoms with van der Waals surface area (Å²) in [7, 11) is 1.57. The zero-order chi connectivity index (χ0) is 29.8. The van der Waals surface area contributed by atoms with E-state index in [9.17, 15) is 14.7 Å². The van der Waals surface area contributed by atoms with Crippen LogP contribution in [0.3, 0.4) is 0 Å². The Morgan fingerprint density at radius 3 is 2.50 bits per heavy atom.